The molecule has 0 saturated carbocycles. The van der Waals surface area contributed by atoms with Gasteiger partial charge in [-0.3, -0.25) is 14.8 Å². The first kappa shape index (κ1) is 110. The Hall–Kier alpha value is -13.8. The quantitative estimate of drug-likeness (QED) is 0.0220. The molecule has 20 rings (SSSR count). The van der Waals surface area contributed by atoms with Crippen LogP contribution in [-0.2, 0) is 31.3 Å². The van der Waals surface area contributed by atoms with Gasteiger partial charge in [0.2, 0.25) is 0 Å². The van der Waals surface area contributed by atoms with Gasteiger partial charge in [0.1, 0.15) is 29.1 Å². The van der Waals surface area contributed by atoms with Crippen LogP contribution in [0, 0.1) is 35.8 Å². The van der Waals surface area contributed by atoms with Crippen molar-refractivity contribution in [2.24, 2.45) is 0 Å². The van der Waals surface area contributed by atoms with Crippen molar-refractivity contribution >= 4 is 111 Å². The Bertz CT molecular complexity index is 6160. The van der Waals surface area contributed by atoms with Crippen molar-refractivity contribution in [3.63, 3.8) is 0 Å². The molecule has 0 spiro atoms. The molecular formula is C131H123BrN6O2P4Pd. The van der Waals surface area contributed by atoms with E-state index in [9.17, 15) is 5.26 Å². The number of aromatic nitrogens is 2. The van der Waals surface area contributed by atoms with Crippen LogP contribution in [-0.4, -0.2) is 16.5 Å². The minimum absolute atomic E-state index is 0. The standard InChI is InChI=1S/C29H29N3O.C26H28BrNO.4C18H15P.C3H2N2.CH4.Pd/c1-4-6-14-29(15-7-5-2)24-18-22(21-12-16-32-17-13-21)8-10-27(24)33-28-11-9-23(19-25(28)29)26(20-30)31-3;1-3-5-13-26(14-6-4-2)22-17-20(19-11-15-28-16-12-19)7-9-24(22)29-25-10-8-21(27)18-23(25)26;4*1-4-10-16(11-5-1)19(17-12-6-2-7-13-17)18-14-8-3-9-15-18;1-5-3-2-4;;/h8-13,16-19,26H,4-7,14-15H2,1-2H3;7-12,15-18H,3-6,13-14H2,1-2H3;4*1-15H;3H2;1H4;. The Kier molecular flexibility index (Phi) is 44.7. The number of nitrogens with zero attached hydrogens (tertiary/aromatic N) is 6. The molecule has 0 aliphatic carbocycles. The van der Waals surface area contributed by atoms with Crippen LogP contribution in [0.3, 0.4) is 0 Å². The van der Waals surface area contributed by atoms with Crippen LogP contribution < -0.4 is 73.1 Å². The fraction of sp³-hybridized carbons (Fsp3) is 0.160. The average molecular weight is 2120 g/mol. The molecule has 0 fully saturated rings. The summed E-state index contributed by atoms with van der Waals surface area (Å²) in [5.41, 5.74) is 10.2. The maximum Gasteiger partial charge on any atom is 0.332 e. The predicted molar refractivity (Wildman–Crippen MR) is 619 cm³/mol. The number of nitriles is 2. The van der Waals surface area contributed by atoms with Crippen molar-refractivity contribution < 1.29 is 29.9 Å². The Morgan fingerprint density at radius 3 is 0.724 bits per heavy atom. The third-order valence-electron chi connectivity index (χ3n) is 25.2. The summed E-state index contributed by atoms with van der Waals surface area (Å²) in [7, 11) is -1.78. The van der Waals surface area contributed by atoms with E-state index in [-0.39, 0.29) is 45.2 Å². The van der Waals surface area contributed by atoms with E-state index >= 15 is 0 Å². The monoisotopic (exact) mass is 2120 g/mol. The molecule has 726 valence electrons. The zero-order valence-corrected chi connectivity index (χ0v) is 88.7. The molecule has 4 heterocycles. The van der Waals surface area contributed by atoms with E-state index in [0.29, 0.717) is 0 Å². The van der Waals surface area contributed by atoms with E-state index in [1.807, 2.05) is 49.1 Å². The van der Waals surface area contributed by atoms with Crippen LogP contribution in [0.15, 0.2) is 490 Å². The molecule has 0 bridgehead atoms. The SMILES string of the molecule is C.CCCCC1(CCCC)c2cc(Br)ccc2Oc2ccc(-c3ccncc3)cc21.[C-]#[N+]C(C#N)c1ccc2c(c1)C(CCCC)(CCCC)c1cc(-c3ccncc3)ccc1O2.[C-]#[N+]CC#N.[Pd].c1ccc(P(c2ccccc2)c2ccccc2)cc1.c1ccc(P(c2ccccc2)c2ccccc2)cc1.c1ccc(P(c2ccccc2)c2ccccc2)cc1.c1ccc(P(c2ccccc2)c2ccccc2)cc1. The molecule has 0 saturated heterocycles. The van der Waals surface area contributed by atoms with Gasteiger partial charge in [0, 0.05) is 88.3 Å². The number of rotatable bonds is 27. The van der Waals surface area contributed by atoms with Gasteiger partial charge in [-0.1, -0.05) is 479 Å². The van der Waals surface area contributed by atoms with E-state index in [4.69, 9.17) is 27.9 Å². The van der Waals surface area contributed by atoms with Crippen LogP contribution in [0.25, 0.3) is 31.9 Å². The summed E-state index contributed by atoms with van der Waals surface area (Å²) < 4.78 is 13.9. The second-order valence-electron chi connectivity index (χ2n) is 34.6. The van der Waals surface area contributed by atoms with Gasteiger partial charge in [0.05, 0.1) is 0 Å². The van der Waals surface area contributed by atoms with Gasteiger partial charge in [-0.2, -0.15) is 10.5 Å². The second-order valence-corrected chi connectivity index (χ2v) is 44.4. The third-order valence-corrected chi connectivity index (χ3v) is 35.4. The van der Waals surface area contributed by atoms with Gasteiger partial charge in [0.25, 0.3) is 6.54 Å². The van der Waals surface area contributed by atoms with Crippen LogP contribution in [0.1, 0.15) is 146 Å². The Morgan fingerprint density at radius 1 is 0.297 bits per heavy atom. The van der Waals surface area contributed by atoms with Crippen molar-refractivity contribution in [2.45, 2.75) is 129 Å². The molecule has 2 aliphatic rings. The molecule has 1 unspecified atom stereocenters. The molecule has 0 amide bonds. The number of unbranched alkanes of at least 4 members (excludes halogenated alkanes) is 4. The number of ether oxygens (including phenoxy) is 2. The summed E-state index contributed by atoms with van der Waals surface area (Å²) in [6, 6.07) is 166. The number of hydrogen-bond acceptors (Lipinski definition) is 6. The maximum absolute atomic E-state index is 9.52. The first-order chi connectivity index (χ1) is 70.5. The smallest absolute Gasteiger partial charge is 0.332 e. The summed E-state index contributed by atoms with van der Waals surface area (Å²) >= 11 is 3.71. The summed E-state index contributed by atoms with van der Waals surface area (Å²) in [6.45, 7) is 22.5. The number of hydrogen-bond donors (Lipinski definition) is 0. The number of pyridine rings is 2. The van der Waals surface area contributed by atoms with Gasteiger partial charge < -0.3 is 14.3 Å². The molecule has 0 radical (unpaired) electrons. The first-order valence-electron chi connectivity index (χ1n) is 49.2. The zero-order chi connectivity index (χ0) is 99.3. The van der Waals surface area contributed by atoms with Crippen LogP contribution in [0.5, 0.6) is 23.0 Å². The third kappa shape index (κ3) is 29.8. The fourth-order valence-electron chi connectivity index (χ4n) is 18.3. The molecule has 145 heavy (non-hydrogen) atoms. The Balaban J connectivity index is 0.000000155. The molecule has 16 aromatic carbocycles. The van der Waals surface area contributed by atoms with Gasteiger partial charge >= 0.3 is 6.04 Å². The van der Waals surface area contributed by atoms with E-state index in [1.54, 1.807) is 6.07 Å². The number of fused-ring (bicyclic) bond motifs is 4. The van der Waals surface area contributed by atoms with Crippen molar-refractivity contribution in [2.75, 3.05) is 6.54 Å². The largest absolute Gasteiger partial charge is 0.457 e. The topological polar surface area (TPSA) is 101 Å². The van der Waals surface area contributed by atoms with E-state index in [1.165, 1.54) is 117 Å². The minimum atomic E-state index is -0.796. The van der Waals surface area contributed by atoms with Gasteiger partial charge in [-0.05, 0) is 228 Å². The van der Waals surface area contributed by atoms with E-state index in [2.05, 4.69) is 506 Å². The molecule has 18 aromatic rings. The number of benzene rings is 16. The van der Waals surface area contributed by atoms with Crippen molar-refractivity contribution in [1.82, 2.24) is 9.97 Å². The van der Waals surface area contributed by atoms with Gasteiger partial charge in [-0.25, -0.2) is 13.1 Å². The van der Waals surface area contributed by atoms with Gasteiger partial charge in [0.15, 0.2) is 6.07 Å². The Morgan fingerprint density at radius 2 is 0.517 bits per heavy atom. The summed E-state index contributed by atoms with van der Waals surface area (Å²) in [5.74, 6) is 3.76. The summed E-state index contributed by atoms with van der Waals surface area (Å²) in [5, 5.41) is 33.9. The van der Waals surface area contributed by atoms with E-state index in [0.717, 1.165) is 101 Å². The first-order valence-corrected chi connectivity index (χ1v) is 55.4. The minimum Gasteiger partial charge on any atom is -0.457 e. The second kappa shape index (κ2) is 58.9. The average Bonchev–Trinajstić information content (AvgIpc) is 0.730. The molecule has 1 atom stereocenters. The van der Waals surface area contributed by atoms with Crippen molar-refractivity contribution in [3.05, 3.63) is 541 Å². The van der Waals surface area contributed by atoms with Gasteiger partial charge in [-0.15, -0.1) is 0 Å². The van der Waals surface area contributed by atoms with Crippen LogP contribution in [0.2, 0.25) is 0 Å². The molecular weight excluding hydrogens is 2000 g/mol. The number of halogens is 1. The van der Waals surface area contributed by atoms with E-state index < -0.39 is 37.7 Å². The molecule has 2 aliphatic heterocycles. The molecule has 14 heteroatoms. The Labute approximate surface area is 888 Å². The molecule has 0 N–H and O–H groups in total. The normalized spacial score (nSPS) is 11.7. The van der Waals surface area contributed by atoms with Crippen LogP contribution >= 0.6 is 47.6 Å². The summed E-state index contributed by atoms with van der Waals surface area (Å²) in [6.07, 6.45) is 20.8. The summed E-state index contributed by atoms with van der Waals surface area (Å²) in [4.78, 5) is 14.6. The fourth-order valence-corrected chi connectivity index (χ4v) is 27.9. The predicted octanol–water partition coefficient (Wildman–Crippen LogP) is 31.1. The zero-order valence-electron chi connectivity index (χ0n) is 81.9. The molecule has 8 nitrogen and oxygen atoms in total. The maximum atomic E-state index is 9.52. The van der Waals surface area contributed by atoms with Crippen LogP contribution in [0.4, 0.5) is 0 Å². The van der Waals surface area contributed by atoms with Crippen molar-refractivity contribution in [3.8, 4) is 57.4 Å². The molecule has 2 aromatic heterocycles. The van der Waals surface area contributed by atoms with Crippen molar-refractivity contribution in [1.29, 1.82) is 10.5 Å².